The minimum absolute atomic E-state index is 0.134. The fourth-order valence-corrected chi connectivity index (χ4v) is 2.60. The van der Waals surface area contributed by atoms with Crippen molar-refractivity contribution in [3.8, 4) is 17.2 Å². The third-order valence-corrected chi connectivity index (χ3v) is 3.88. The van der Waals surface area contributed by atoms with Crippen LogP contribution >= 0.6 is 46.4 Å². The molecular formula is C18H16Cl4O3. The second-order valence-electron chi connectivity index (χ2n) is 4.88. The first-order valence-electron chi connectivity index (χ1n) is 7.50. The van der Waals surface area contributed by atoms with Gasteiger partial charge in [-0.25, -0.2) is 0 Å². The molecule has 0 aromatic heterocycles. The van der Waals surface area contributed by atoms with Crippen molar-refractivity contribution in [3.63, 3.8) is 0 Å². The molecule has 0 fully saturated rings. The summed E-state index contributed by atoms with van der Waals surface area (Å²) in [5, 5.41) is 0.736. The van der Waals surface area contributed by atoms with Crippen molar-refractivity contribution >= 4 is 46.4 Å². The highest BCUT2D eigenvalue weighted by Gasteiger charge is 2.10. The van der Waals surface area contributed by atoms with Crippen molar-refractivity contribution in [1.29, 1.82) is 0 Å². The van der Waals surface area contributed by atoms with Gasteiger partial charge < -0.3 is 14.2 Å². The normalized spacial score (nSPS) is 10.2. The first kappa shape index (κ1) is 20.1. The molecule has 0 aliphatic rings. The zero-order valence-electron chi connectivity index (χ0n) is 13.2. The number of benzene rings is 2. The van der Waals surface area contributed by atoms with Gasteiger partial charge in [-0.3, -0.25) is 0 Å². The van der Waals surface area contributed by atoms with Crippen molar-refractivity contribution in [2.24, 2.45) is 0 Å². The average molecular weight is 422 g/mol. The molecule has 2 aromatic carbocycles. The fourth-order valence-electron chi connectivity index (χ4n) is 1.90. The molecule has 0 bridgehead atoms. The van der Waals surface area contributed by atoms with Gasteiger partial charge in [-0.05, 0) is 18.2 Å². The number of hydrogen-bond donors (Lipinski definition) is 0. The minimum atomic E-state index is 0.134. The second kappa shape index (κ2) is 10.7. The van der Waals surface area contributed by atoms with E-state index in [-0.39, 0.29) is 11.1 Å². The first-order valence-corrected chi connectivity index (χ1v) is 9.01. The summed E-state index contributed by atoms with van der Waals surface area (Å²) in [6, 6.07) is 12.8. The maximum Gasteiger partial charge on any atom is 0.156 e. The smallest absolute Gasteiger partial charge is 0.156 e. The van der Waals surface area contributed by atoms with Gasteiger partial charge in [0.25, 0.3) is 0 Å². The Bertz CT molecular complexity index is 678. The topological polar surface area (TPSA) is 27.7 Å². The van der Waals surface area contributed by atoms with Crippen LogP contribution in [0.4, 0.5) is 0 Å². The van der Waals surface area contributed by atoms with Gasteiger partial charge in [0.05, 0.1) is 23.3 Å². The SMILES string of the molecule is ClC(Cl)=CCOc1cc(Cl)c(OCCCOc2ccccc2)c(Cl)c1. The fraction of sp³-hybridized carbons (Fsp3) is 0.222. The molecule has 0 atom stereocenters. The van der Waals surface area contributed by atoms with E-state index in [1.54, 1.807) is 12.1 Å². The van der Waals surface area contributed by atoms with E-state index >= 15 is 0 Å². The molecule has 2 aromatic rings. The molecule has 0 unspecified atom stereocenters. The number of hydrogen-bond acceptors (Lipinski definition) is 3. The van der Waals surface area contributed by atoms with Crippen molar-refractivity contribution < 1.29 is 14.2 Å². The highest BCUT2D eigenvalue weighted by atomic mass is 35.5. The van der Waals surface area contributed by atoms with Crippen LogP contribution in [0.2, 0.25) is 10.0 Å². The third-order valence-electron chi connectivity index (χ3n) is 3.01. The lowest BCUT2D eigenvalue weighted by Crippen LogP contribution is -2.05. The molecule has 7 heteroatoms. The van der Waals surface area contributed by atoms with Crippen LogP contribution in [0, 0.1) is 0 Å². The van der Waals surface area contributed by atoms with Gasteiger partial charge in [-0.1, -0.05) is 64.6 Å². The maximum absolute atomic E-state index is 6.20. The molecule has 0 amide bonds. The summed E-state index contributed by atoms with van der Waals surface area (Å²) in [6.07, 6.45) is 2.21. The standard InChI is InChI=1S/C18H16Cl4O3/c19-15-11-14(24-10-7-17(21)22)12-16(20)18(15)25-9-4-8-23-13-5-2-1-3-6-13/h1-3,5-7,11-12H,4,8-10H2. The molecule has 134 valence electrons. The molecule has 0 N–H and O–H groups in total. The monoisotopic (exact) mass is 420 g/mol. The Morgan fingerprint density at radius 3 is 2.12 bits per heavy atom. The van der Waals surface area contributed by atoms with Gasteiger partial charge in [0.2, 0.25) is 0 Å². The Hall–Kier alpha value is -1.26. The predicted molar refractivity (Wildman–Crippen MR) is 104 cm³/mol. The Morgan fingerprint density at radius 1 is 0.840 bits per heavy atom. The summed E-state index contributed by atoms with van der Waals surface area (Å²) in [5.41, 5.74) is 0. The van der Waals surface area contributed by atoms with Crippen LogP contribution in [0.15, 0.2) is 53.0 Å². The molecule has 0 radical (unpaired) electrons. The average Bonchev–Trinajstić information content (AvgIpc) is 2.57. The Morgan fingerprint density at radius 2 is 1.48 bits per heavy atom. The number of para-hydroxylation sites is 1. The minimum Gasteiger partial charge on any atom is -0.493 e. The van der Waals surface area contributed by atoms with Crippen LogP contribution in [-0.4, -0.2) is 19.8 Å². The largest absolute Gasteiger partial charge is 0.493 e. The van der Waals surface area contributed by atoms with E-state index in [1.165, 1.54) is 6.08 Å². The van der Waals surface area contributed by atoms with Crippen LogP contribution in [-0.2, 0) is 0 Å². The highest BCUT2D eigenvalue weighted by Crippen LogP contribution is 2.37. The van der Waals surface area contributed by atoms with Crippen molar-refractivity contribution in [3.05, 3.63) is 63.1 Å². The number of rotatable bonds is 9. The van der Waals surface area contributed by atoms with Gasteiger partial charge in [0.1, 0.15) is 22.6 Å². The van der Waals surface area contributed by atoms with Crippen LogP contribution in [0.5, 0.6) is 17.2 Å². The lowest BCUT2D eigenvalue weighted by molar-refractivity contribution is 0.247. The Kier molecular flexibility index (Phi) is 8.56. The van der Waals surface area contributed by atoms with E-state index in [0.717, 1.165) is 5.75 Å². The summed E-state index contributed by atoms with van der Waals surface area (Å²) in [5.74, 6) is 1.74. The summed E-state index contributed by atoms with van der Waals surface area (Å²) < 4.78 is 16.8. The molecule has 0 saturated carbocycles. The molecule has 0 aliphatic heterocycles. The van der Waals surface area contributed by atoms with E-state index < -0.39 is 0 Å². The van der Waals surface area contributed by atoms with E-state index in [1.807, 2.05) is 30.3 Å². The third kappa shape index (κ3) is 7.25. The van der Waals surface area contributed by atoms with E-state index in [9.17, 15) is 0 Å². The Balaban J connectivity index is 1.80. The molecule has 0 heterocycles. The molecule has 0 saturated heterocycles. The van der Waals surface area contributed by atoms with Crippen LogP contribution in [0.3, 0.4) is 0 Å². The predicted octanol–water partition coefficient (Wildman–Crippen LogP) is 6.54. The molecule has 25 heavy (non-hydrogen) atoms. The zero-order valence-corrected chi connectivity index (χ0v) is 16.2. The summed E-state index contributed by atoms with van der Waals surface area (Å²) in [4.78, 5) is 0. The summed E-state index contributed by atoms with van der Waals surface area (Å²) in [7, 11) is 0. The molecule has 0 aliphatic carbocycles. The van der Waals surface area contributed by atoms with Crippen LogP contribution < -0.4 is 14.2 Å². The lowest BCUT2D eigenvalue weighted by Gasteiger charge is -2.12. The molecule has 0 spiro atoms. The zero-order chi connectivity index (χ0) is 18.1. The van der Waals surface area contributed by atoms with Gasteiger partial charge in [-0.2, -0.15) is 0 Å². The second-order valence-corrected chi connectivity index (χ2v) is 6.71. The highest BCUT2D eigenvalue weighted by molar-refractivity contribution is 6.55. The van der Waals surface area contributed by atoms with Crippen molar-refractivity contribution in [1.82, 2.24) is 0 Å². The Labute approximate surface area is 167 Å². The van der Waals surface area contributed by atoms with Gasteiger partial charge in [-0.15, -0.1) is 0 Å². The van der Waals surface area contributed by atoms with Crippen LogP contribution in [0.25, 0.3) is 0 Å². The van der Waals surface area contributed by atoms with E-state index in [2.05, 4.69) is 0 Å². The quantitative estimate of drug-likeness (QED) is 0.430. The molecule has 3 nitrogen and oxygen atoms in total. The van der Waals surface area contributed by atoms with Crippen molar-refractivity contribution in [2.75, 3.05) is 19.8 Å². The summed E-state index contributed by atoms with van der Waals surface area (Å²) >= 11 is 23.4. The summed E-state index contributed by atoms with van der Waals surface area (Å²) in [6.45, 7) is 1.18. The molecular weight excluding hydrogens is 406 g/mol. The van der Waals surface area contributed by atoms with Crippen molar-refractivity contribution in [2.45, 2.75) is 6.42 Å². The lowest BCUT2D eigenvalue weighted by atomic mass is 10.3. The molecule has 2 rings (SSSR count). The number of ether oxygens (including phenoxy) is 3. The van der Waals surface area contributed by atoms with Gasteiger partial charge >= 0.3 is 0 Å². The van der Waals surface area contributed by atoms with E-state index in [4.69, 9.17) is 60.6 Å². The maximum atomic E-state index is 6.20. The first-order chi connectivity index (χ1) is 12.1. The van der Waals surface area contributed by atoms with Crippen LogP contribution in [0.1, 0.15) is 6.42 Å². The van der Waals surface area contributed by atoms with Gasteiger partial charge in [0, 0.05) is 18.6 Å². The van der Waals surface area contributed by atoms with Gasteiger partial charge in [0.15, 0.2) is 5.75 Å². The van der Waals surface area contributed by atoms with E-state index in [0.29, 0.717) is 41.2 Å². The number of halogens is 4.